The zero-order valence-corrected chi connectivity index (χ0v) is 20.5. The summed E-state index contributed by atoms with van der Waals surface area (Å²) in [5, 5.41) is 0. The summed E-state index contributed by atoms with van der Waals surface area (Å²) in [7, 11) is 0. The van der Waals surface area contributed by atoms with Crippen molar-refractivity contribution in [2.75, 3.05) is 6.61 Å². The van der Waals surface area contributed by atoms with Crippen LogP contribution in [0, 0.1) is 11.8 Å². The first kappa shape index (κ1) is 24.7. The predicted molar refractivity (Wildman–Crippen MR) is 135 cm³/mol. The maximum atomic E-state index is 6.01. The van der Waals surface area contributed by atoms with Gasteiger partial charge in [0.25, 0.3) is 0 Å². The number of hydrogen-bond acceptors (Lipinski definition) is 3. The number of nitrogens with zero attached hydrogens (tertiary/aromatic N) is 2. The van der Waals surface area contributed by atoms with Gasteiger partial charge in [-0.05, 0) is 55.4 Å². The Balaban J connectivity index is 1.28. The molecule has 32 heavy (non-hydrogen) atoms. The van der Waals surface area contributed by atoms with Crippen LogP contribution in [-0.4, -0.2) is 16.6 Å². The van der Waals surface area contributed by atoms with Crippen molar-refractivity contribution in [3.8, 4) is 17.0 Å². The van der Waals surface area contributed by atoms with Gasteiger partial charge in [0.1, 0.15) is 5.75 Å². The summed E-state index contributed by atoms with van der Waals surface area (Å²) >= 11 is 0. The molecule has 176 valence electrons. The normalized spacial score (nSPS) is 18.6. The molecule has 0 atom stereocenters. The molecule has 2 aromatic rings. The molecule has 0 radical (unpaired) electrons. The van der Waals surface area contributed by atoms with Crippen molar-refractivity contribution >= 4 is 0 Å². The van der Waals surface area contributed by atoms with Crippen molar-refractivity contribution in [1.29, 1.82) is 0 Å². The lowest BCUT2D eigenvalue weighted by atomic mass is 9.78. The number of aryl methyl sites for hydroxylation is 1. The zero-order valence-electron chi connectivity index (χ0n) is 20.5. The first-order valence-electron chi connectivity index (χ1n) is 13.3. The number of unbranched alkanes of at least 4 members (excludes halogenated alkanes) is 4. The van der Waals surface area contributed by atoms with Crippen LogP contribution in [0.3, 0.4) is 0 Å². The van der Waals surface area contributed by atoms with E-state index in [2.05, 4.69) is 48.1 Å². The number of rotatable bonds is 14. The summed E-state index contributed by atoms with van der Waals surface area (Å²) in [5.74, 6) is 2.89. The monoisotopic (exact) mass is 436 g/mol. The van der Waals surface area contributed by atoms with Crippen LogP contribution in [0.25, 0.3) is 11.3 Å². The standard InChI is InChI=1S/C29H44N2O/c1-3-5-6-7-8-11-24-13-15-25(16-14-24)12-9-21-32-28-19-17-26(18-20-28)29-23-30-27(10-4-2)22-31-29/h17-20,22-25H,3-16,21H2,1-2H3/t24-,25-. The quantitative estimate of drug-likeness (QED) is 0.279. The van der Waals surface area contributed by atoms with E-state index in [1.807, 2.05) is 12.4 Å². The fraction of sp³-hybridized carbons (Fsp3) is 0.655. The second-order valence-electron chi connectivity index (χ2n) is 9.75. The van der Waals surface area contributed by atoms with Crippen LogP contribution < -0.4 is 4.74 Å². The zero-order chi connectivity index (χ0) is 22.4. The largest absolute Gasteiger partial charge is 0.494 e. The highest BCUT2D eigenvalue weighted by Gasteiger charge is 2.20. The van der Waals surface area contributed by atoms with Crippen LogP contribution in [0.4, 0.5) is 0 Å². The highest BCUT2D eigenvalue weighted by Crippen LogP contribution is 2.34. The first-order chi connectivity index (χ1) is 15.8. The molecule has 1 saturated carbocycles. The van der Waals surface area contributed by atoms with Gasteiger partial charge in [-0.15, -0.1) is 0 Å². The molecule has 1 aliphatic rings. The van der Waals surface area contributed by atoms with E-state index in [4.69, 9.17) is 4.74 Å². The molecule has 1 heterocycles. The summed E-state index contributed by atoms with van der Waals surface area (Å²) in [6, 6.07) is 8.29. The fourth-order valence-corrected chi connectivity index (χ4v) is 5.02. The molecular formula is C29H44N2O. The van der Waals surface area contributed by atoms with Crippen molar-refractivity contribution in [3.63, 3.8) is 0 Å². The van der Waals surface area contributed by atoms with Crippen LogP contribution in [0.15, 0.2) is 36.7 Å². The van der Waals surface area contributed by atoms with E-state index < -0.39 is 0 Å². The summed E-state index contributed by atoms with van der Waals surface area (Å²) < 4.78 is 6.01. The molecule has 0 saturated heterocycles. The van der Waals surface area contributed by atoms with Gasteiger partial charge in [0.05, 0.1) is 24.2 Å². The Labute approximate surface area is 196 Å². The molecule has 0 bridgehead atoms. The van der Waals surface area contributed by atoms with Crippen LogP contribution in [0.1, 0.15) is 103 Å². The van der Waals surface area contributed by atoms with E-state index in [0.717, 1.165) is 54.0 Å². The van der Waals surface area contributed by atoms with Crippen LogP contribution >= 0.6 is 0 Å². The van der Waals surface area contributed by atoms with E-state index in [1.165, 1.54) is 77.0 Å². The number of benzene rings is 1. The van der Waals surface area contributed by atoms with Gasteiger partial charge in [0.2, 0.25) is 0 Å². The minimum Gasteiger partial charge on any atom is -0.494 e. The smallest absolute Gasteiger partial charge is 0.119 e. The lowest BCUT2D eigenvalue weighted by molar-refractivity contribution is 0.228. The highest BCUT2D eigenvalue weighted by molar-refractivity contribution is 5.58. The number of ether oxygens (including phenoxy) is 1. The average molecular weight is 437 g/mol. The molecule has 0 spiro atoms. The van der Waals surface area contributed by atoms with Crippen molar-refractivity contribution in [2.45, 2.75) is 104 Å². The van der Waals surface area contributed by atoms with Crippen molar-refractivity contribution in [3.05, 3.63) is 42.4 Å². The molecule has 3 rings (SSSR count). The maximum absolute atomic E-state index is 6.01. The van der Waals surface area contributed by atoms with Crippen LogP contribution in [0.5, 0.6) is 5.75 Å². The van der Waals surface area contributed by atoms with E-state index in [1.54, 1.807) is 0 Å². The summed E-state index contributed by atoms with van der Waals surface area (Å²) in [6.45, 7) is 5.28. The van der Waals surface area contributed by atoms with E-state index >= 15 is 0 Å². The Bertz CT molecular complexity index is 733. The van der Waals surface area contributed by atoms with E-state index in [0.29, 0.717) is 0 Å². The lowest BCUT2D eigenvalue weighted by Gasteiger charge is -2.28. The fourth-order valence-electron chi connectivity index (χ4n) is 5.02. The van der Waals surface area contributed by atoms with Gasteiger partial charge in [-0.3, -0.25) is 9.97 Å². The molecule has 0 aliphatic heterocycles. The Morgan fingerprint density at radius 3 is 2.06 bits per heavy atom. The topological polar surface area (TPSA) is 35.0 Å². The third kappa shape index (κ3) is 8.56. The summed E-state index contributed by atoms with van der Waals surface area (Å²) in [4.78, 5) is 9.06. The third-order valence-corrected chi connectivity index (χ3v) is 7.07. The van der Waals surface area contributed by atoms with E-state index in [-0.39, 0.29) is 0 Å². The Morgan fingerprint density at radius 2 is 1.44 bits per heavy atom. The Hall–Kier alpha value is -1.90. The van der Waals surface area contributed by atoms with E-state index in [9.17, 15) is 0 Å². The molecule has 1 aromatic carbocycles. The van der Waals surface area contributed by atoms with Gasteiger partial charge in [-0.25, -0.2) is 0 Å². The molecule has 1 fully saturated rings. The van der Waals surface area contributed by atoms with Crippen LogP contribution in [0.2, 0.25) is 0 Å². The predicted octanol–water partition coefficient (Wildman–Crippen LogP) is 8.42. The molecule has 0 N–H and O–H groups in total. The minimum atomic E-state index is 0.822. The molecule has 3 heteroatoms. The molecule has 0 amide bonds. The number of aromatic nitrogens is 2. The Kier molecular flexibility index (Phi) is 11.0. The summed E-state index contributed by atoms with van der Waals surface area (Å²) in [6.07, 6.45) is 22.7. The SMILES string of the molecule is CCCCCCC[C@H]1CC[C@H](CCCOc2ccc(-c3cnc(CCC)cn3)cc2)CC1. The van der Waals surface area contributed by atoms with Gasteiger partial charge >= 0.3 is 0 Å². The molecule has 1 aliphatic carbocycles. The Morgan fingerprint density at radius 1 is 0.750 bits per heavy atom. The lowest BCUT2D eigenvalue weighted by Crippen LogP contribution is -2.15. The van der Waals surface area contributed by atoms with Crippen molar-refractivity contribution < 1.29 is 4.74 Å². The second-order valence-corrected chi connectivity index (χ2v) is 9.75. The molecular weight excluding hydrogens is 392 g/mol. The average Bonchev–Trinajstić information content (AvgIpc) is 2.84. The molecule has 3 nitrogen and oxygen atoms in total. The minimum absolute atomic E-state index is 0.822. The maximum Gasteiger partial charge on any atom is 0.119 e. The third-order valence-electron chi connectivity index (χ3n) is 7.07. The first-order valence-corrected chi connectivity index (χ1v) is 13.3. The van der Waals surface area contributed by atoms with Gasteiger partial charge in [-0.2, -0.15) is 0 Å². The van der Waals surface area contributed by atoms with Gasteiger partial charge < -0.3 is 4.74 Å². The van der Waals surface area contributed by atoms with Crippen molar-refractivity contribution in [1.82, 2.24) is 9.97 Å². The van der Waals surface area contributed by atoms with Gasteiger partial charge in [-0.1, -0.05) is 84.5 Å². The second kappa shape index (κ2) is 14.3. The number of hydrogen-bond donors (Lipinski definition) is 0. The van der Waals surface area contributed by atoms with Gasteiger partial charge in [0.15, 0.2) is 0 Å². The van der Waals surface area contributed by atoms with Crippen LogP contribution in [-0.2, 0) is 6.42 Å². The van der Waals surface area contributed by atoms with Crippen molar-refractivity contribution in [2.24, 2.45) is 11.8 Å². The van der Waals surface area contributed by atoms with Gasteiger partial charge in [0, 0.05) is 11.8 Å². The highest BCUT2D eigenvalue weighted by atomic mass is 16.5. The molecule has 1 aromatic heterocycles. The molecule has 0 unspecified atom stereocenters. The summed E-state index contributed by atoms with van der Waals surface area (Å²) in [5.41, 5.74) is 3.08.